The Morgan fingerprint density at radius 3 is 2.35 bits per heavy atom. The van der Waals surface area contributed by atoms with Crippen molar-refractivity contribution in [2.45, 2.75) is 12.8 Å². The van der Waals surface area contributed by atoms with Gasteiger partial charge in [-0.05, 0) is 11.5 Å². The lowest BCUT2D eigenvalue weighted by molar-refractivity contribution is 0.571. The predicted molar refractivity (Wildman–Crippen MR) is 85.3 cm³/mol. The van der Waals surface area contributed by atoms with E-state index in [2.05, 4.69) is 41.5 Å². The summed E-state index contributed by atoms with van der Waals surface area (Å²) in [4.78, 5) is 6.17. The second-order valence-electron chi connectivity index (χ2n) is 4.13. The Hall–Kier alpha value is -0.780. The lowest BCUT2D eigenvalue weighted by atomic mass is 10.0. The van der Waals surface area contributed by atoms with E-state index >= 15 is 0 Å². The van der Waals surface area contributed by atoms with Crippen molar-refractivity contribution in [3.8, 4) is 0 Å². The Bertz CT molecular complexity index is 336. The fraction of sp³-hybridized carbons (Fsp3) is 0.462. The van der Waals surface area contributed by atoms with Crippen LogP contribution >= 0.6 is 24.0 Å². The third-order valence-corrected chi connectivity index (χ3v) is 2.57. The maximum atomic E-state index is 4.18. The molecule has 0 saturated heterocycles. The number of nitrogens with zero attached hydrogens (tertiary/aromatic N) is 2. The summed E-state index contributed by atoms with van der Waals surface area (Å²) in [6.45, 7) is 3.11. The molecule has 1 atom stereocenters. The monoisotopic (exact) mass is 347 g/mol. The lowest BCUT2D eigenvalue weighted by Gasteiger charge is -2.19. The number of hydrogen-bond donors (Lipinski definition) is 1. The minimum atomic E-state index is 0. The van der Waals surface area contributed by atoms with Crippen molar-refractivity contribution in [3.63, 3.8) is 0 Å². The van der Waals surface area contributed by atoms with Crippen LogP contribution in [0, 0.1) is 0 Å². The number of hydrogen-bond acceptors (Lipinski definition) is 1. The topological polar surface area (TPSA) is 27.6 Å². The average molecular weight is 347 g/mol. The Balaban J connectivity index is 0.00000256. The van der Waals surface area contributed by atoms with E-state index in [1.54, 1.807) is 7.05 Å². The summed E-state index contributed by atoms with van der Waals surface area (Å²) in [5, 5.41) is 3.34. The number of nitrogens with one attached hydrogen (secondary N) is 1. The van der Waals surface area contributed by atoms with Crippen LogP contribution in [0.3, 0.4) is 0 Å². The normalized spacial score (nSPS) is 12.6. The van der Waals surface area contributed by atoms with E-state index in [0.29, 0.717) is 5.92 Å². The average Bonchev–Trinajstić information content (AvgIpc) is 2.30. The molecular weight excluding hydrogens is 325 g/mol. The highest BCUT2D eigenvalue weighted by Gasteiger charge is 2.06. The zero-order valence-electron chi connectivity index (χ0n) is 11.0. The largest absolute Gasteiger partial charge is 0.356 e. The molecular formula is C13H22IN3. The smallest absolute Gasteiger partial charge is 0.193 e. The van der Waals surface area contributed by atoms with Gasteiger partial charge in [-0.1, -0.05) is 37.3 Å². The molecule has 0 spiro atoms. The highest BCUT2D eigenvalue weighted by atomic mass is 127. The molecule has 1 unspecified atom stereocenters. The molecule has 0 bridgehead atoms. The molecule has 3 nitrogen and oxygen atoms in total. The second kappa shape index (κ2) is 8.33. The number of rotatable bonds is 3. The molecule has 1 aromatic rings. The fourth-order valence-electron chi connectivity index (χ4n) is 1.58. The van der Waals surface area contributed by atoms with Gasteiger partial charge in [0.05, 0.1) is 0 Å². The van der Waals surface area contributed by atoms with Gasteiger partial charge in [-0.15, -0.1) is 24.0 Å². The summed E-state index contributed by atoms with van der Waals surface area (Å²) in [5.41, 5.74) is 1.35. The van der Waals surface area contributed by atoms with Gasteiger partial charge in [0.25, 0.3) is 0 Å². The third kappa shape index (κ3) is 5.39. The Morgan fingerprint density at radius 2 is 1.88 bits per heavy atom. The fourth-order valence-corrected chi connectivity index (χ4v) is 1.58. The summed E-state index contributed by atoms with van der Waals surface area (Å²) in [6, 6.07) is 10.5. The van der Waals surface area contributed by atoms with E-state index in [0.717, 1.165) is 12.5 Å². The van der Waals surface area contributed by atoms with Crippen molar-refractivity contribution < 1.29 is 0 Å². The third-order valence-electron chi connectivity index (χ3n) is 2.57. The molecule has 0 fully saturated rings. The Kier molecular flexibility index (Phi) is 7.95. The van der Waals surface area contributed by atoms with Crippen LogP contribution in [0.15, 0.2) is 35.3 Å². The molecule has 4 heteroatoms. The van der Waals surface area contributed by atoms with Crippen LogP contribution in [-0.2, 0) is 0 Å². The maximum absolute atomic E-state index is 4.18. The first-order chi connectivity index (χ1) is 7.65. The molecule has 0 heterocycles. The lowest BCUT2D eigenvalue weighted by Crippen LogP contribution is -2.38. The van der Waals surface area contributed by atoms with Gasteiger partial charge >= 0.3 is 0 Å². The van der Waals surface area contributed by atoms with Crippen molar-refractivity contribution in [3.05, 3.63) is 35.9 Å². The number of guanidine groups is 1. The SMILES string of the molecule is CN=C(NCC(C)c1ccccc1)N(C)C.I. The van der Waals surface area contributed by atoms with Crippen LogP contribution in [0.4, 0.5) is 0 Å². The zero-order valence-corrected chi connectivity index (χ0v) is 13.3. The van der Waals surface area contributed by atoms with Crippen molar-refractivity contribution in [2.24, 2.45) is 4.99 Å². The predicted octanol–water partition coefficient (Wildman–Crippen LogP) is 2.55. The number of aliphatic imine (C=N–C) groups is 1. The molecule has 0 aliphatic heterocycles. The summed E-state index contributed by atoms with van der Waals surface area (Å²) >= 11 is 0. The summed E-state index contributed by atoms with van der Waals surface area (Å²) < 4.78 is 0. The van der Waals surface area contributed by atoms with Crippen LogP contribution in [0.25, 0.3) is 0 Å². The van der Waals surface area contributed by atoms with Crippen molar-refractivity contribution >= 4 is 29.9 Å². The van der Waals surface area contributed by atoms with E-state index in [9.17, 15) is 0 Å². The standard InChI is InChI=1S/C13H21N3.HI/c1-11(12-8-6-5-7-9-12)10-15-13(14-2)16(3)4;/h5-9,11H,10H2,1-4H3,(H,14,15);1H. The van der Waals surface area contributed by atoms with E-state index in [1.807, 2.05) is 25.1 Å². The first-order valence-electron chi connectivity index (χ1n) is 5.58. The van der Waals surface area contributed by atoms with Crippen molar-refractivity contribution in [1.82, 2.24) is 10.2 Å². The molecule has 1 rings (SSSR count). The molecule has 0 saturated carbocycles. The van der Waals surface area contributed by atoms with Crippen molar-refractivity contribution in [2.75, 3.05) is 27.7 Å². The quantitative estimate of drug-likeness (QED) is 0.517. The van der Waals surface area contributed by atoms with Gasteiger partial charge in [-0.2, -0.15) is 0 Å². The molecule has 1 N–H and O–H groups in total. The van der Waals surface area contributed by atoms with Crippen LogP contribution < -0.4 is 5.32 Å². The highest BCUT2D eigenvalue weighted by Crippen LogP contribution is 2.12. The zero-order chi connectivity index (χ0) is 12.0. The van der Waals surface area contributed by atoms with Crippen LogP contribution in [0.5, 0.6) is 0 Å². The minimum absolute atomic E-state index is 0. The number of halogens is 1. The molecule has 96 valence electrons. The van der Waals surface area contributed by atoms with E-state index < -0.39 is 0 Å². The first-order valence-corrected chi connectivity index (χ1v) is 5.58. The maximum Gasteiger partial charge on any atom is 0.193 e. The highest BCUT2D eigenvalue weighted by molar-refractivity contribution is 14.0. The van der Waals surface area contributed by atoms with Crippen LogP contribution in [0.1, 0.15) is 18.4 Å². The van der Waals surface area contributed by atoms with Crippen LogP contribution in [-0.4, -0.2) is 38.5 Å². The van der Waals surface area contributed by atoms with Gasteiger partial charge in [0.1, 0.15) is 0 Å². The van der Waals surface area contributed by atoms with Crippen LogP contribution in [0.2, 0.25) is 0 Å². The summed E-state index contributed by atoms with van der Waals surface area (Å²) in [7, 11) is 5.78. The molecule has 0 aromatic heterocycles. The number of benzene rings is 1. The Morgan fingerprint density at radius 1 is 1.29 bits per heavy atom. The van der Waals surface area contributed by atoms with Gasteiger partial charge in [0, 0.05) is 27.7 Å². The molecule has 0 aliphatic rings. The van der Waals surface area contributed by atoms with E-state index in [1.165, 1.54) is 5.56 Å². The molecule has 1 aromatic carbocycles. The van der Waals surface area contributed by atoms with E-state index in [-0.39, 0.29) is 24.0 Å². The molecule has 0 radical (unpaired) electrons. The summed E-state index contributed by atoms with van der Waals surface area (Å²) in [6.07, 6.45) is 0. The first kappa shape index (κ1) is 16.2. The van der Waals surface area contributed by atoms with Gasteiger partial charge in [-0.25, -0.2) is 0 Å². The summed E-state index contributed by atoms with van der Waals surface area (Å²) in [5.74, 6) is 1.40. The Labute approximate surface area is 121 Å². The van der Waals surface area contributed by atoms with Gasteiger partial charge in [0.15, 0.2) is 5.96 Å². The molecule has 0 aliphatic carbocycles. The van der Waals surface area contributed by atoms with Gasteiger partial charge < -0.3 is 10.2 Å². The molecule has 0 amide bonds. The van der Waals surface area contributed by atoms with Gasteiger partial charge in [0.2, 0.25) is 0 Å². The second-order valence-corrected chi connectivity index (χ2v) is 4.13. The van der Waals surface area contributed by atoms with E-state index in [4.69, 9.17) is 0 Å². The minimum Gasteiger partial charge on any atom is -0.356 e. The molecule has 17 heavy (non-hydrogen) atoms. The van der Waals surface area contributed by atoms with Gasteiger partial charge in [-0.3, -0.25) is 4.99 Å². The van der Waals surface area contributed by atoms with Crippen molar-refractivity contribution in [1.29, 1.82) is 0 Å².